The van der Waals surface area contributed by atoms with Crippen LogP contribution in [-0.2, 0) is 16.0 Å². The van der Waals surface area contributed by atoms with Crippen LogP contribution in [0.1, 0.15) is 30.4 Å². The van der Waals surface area contributed by atoms with Crippen molar-refractivity contribution in [3.05, 3.63) is 35.4 Å². The van der Waals surface area contributed by atoms with E-state index < -0.39 is 0 Å². The first-order valence-corrected chi connectivity index (χ1v) is 7.73. The van der Waals surface area contributed by atoms with Crippen LogP contribution in [0.3, 0.4) is 0 Å². The molecule has 1 N–H and O–H groups in total. The van der Waals surface area contributed by atoms with E-state index in [4.69, 9.17) is 0 Å². The molecule has 0 bridgehead atoms. The molecule has 1 saturated heterocycles. The van der Waals surface area contributed by atoms with Gasteiger partial charge in [0, 0.05) is 31.5 Å². The predicted molar refractivity (Wildman–Crippen MR) is 80.7 cm³/mol. The minimum absolute atomic E-state index is 0.0381. The zero-order valence-corrected chi connectivity index (χ0v) is 12.5. The van der Waals surface area contributed by atoms with Crippen LogP contribution >= 0.6 is 0 Å². The van der Waals surface area contributed by atoms with Gasteiger partial charge >= 0.3 is 0 Å². The van der Waals surface area contributed by atoms with Crippen molar-refractivity contribution in [2.75, 3.05) is 13.1 Å². The molecular weight excluding hydrogens is 264 g/mol. The monoisotopic (exact) mass is 286 g/mol. The Labute approximate surface area is 125 Å². The fourth-order valence-corrected chi connectivity index (χ4v) is 2.90. The molecule has 1 saturated carbocycles. The standard InChI is InChI=1S/C17H22N2O2/c1-12-2-4-13(5-3-12)8-16(20)18-10-14-9-17(21)19(11-14)15-6-7-15/h2-5,14-15H,6-11H2,1H3,(H,18,20). The molecule has 1 atom stereocenters. The maximum atomic E-state index is 12.0. The molecule has 2 fully saturated rings. The number of nitrogens with zero attached hydrogens (tertiary/aromatic N) is 1. The van der Waals surface area contributed by atoms with Crippen molar-refractivity contribution in [3.8, 4) is 0 Å². The molecule has 1 aromatic rings. The lowest BCUT2D eigenvalue weighted by molar-refractivity contribution is -0.128. The lowest BCUT2D eigenvalue weighted by Crippen LogP contribution is -2.32. The number of hydrogen-bond acceptors (Lipinski definition) is 2. The Kier molecular flexibility index (Phi) is 3.95. The molecule has 2 aliphatic rings. The van der Waals surface area contributed by atoms with Crippen LogP contribution in [-0.4, -0.2) is 35.8 Å². The highest BCUT2D eigenvalue weighted by Crippen LogP contribution is 2.32. The fourth-order valence-electron chi connectivity index (χ4n) is 2.90. The molecule has 2 amide bonds. The van der Waals surface area contributed by atoms with Crippen LogP contribution < -0.4 is 5.32 Å². The molecule has 0 aromatic heterocycles. The molecule has 1 aliphatic carbocycles. The molecule has 112 valence electrons. The Bertz CT molecular complexity index is 534. The SMILES string of the molecule is Cc1ccc(CC(=O)NCC2CC(=O)N(C3CC3)C2)cc1. The van der Waals surface area contributed by atoms with Gasteiger partial charge in [0.15, 0.2) is 0 Å². The zero-order chi connectivity index (χ0) is 14.8. The molecule has 1 aliphatic heterocycles. The van der Waals surface area contributed by atoms with E-state index in [-0.39, 0.29) is 17.7 Å². The summed E-state index contributed by atoms with van der Waals surface area (Å²) in [6, 6.07) is 8.51. The summed E-state index contributed by atoms with van der Waals surface area (Å²) in [5.41, 5.74) is 2.23. The van der Waals surface area contributed by atoms with E-state index in [2.05, 4.69) is 5.32 Å². The van der Waals surface area contributed by atoms with Crippen LogP contribution in [0.5, 0.6) is 0 Å². The van der Waals surface area contributed by atoms with Crippen molar-refractivity contribution >= 4 is 11.8 Å². The van der Waals surface area contributed by atoms with Gasteiger partial charge in [-0.25, -0.2) is 0 Å². The van der Waals surface area contributed by atoms with Gasteiger partial charge < -0.3 is 10.2 Å². The van der Waals surface area contributed by atoms with E-state index in [1.807, 2.05) is 36.1 Å². The number of benzene rings is 1. The van der Waals surface area contributed by atoms with Gasteiger partial charge in [-0.15, -0.1) is 0 Å². The summed E-state index contributed by atoms with van der Waals surface area (Å²) < 4.78 is 0. The molecule has 4 heteroatoms. The number of carbonyl (C=O) groups excluding carboxylic acids is 2. The summed E-state index contributed by atoms with van der Waals surface area (Å²) in [5.74, 6) is 0.575. The third-order valence-corrected chi connectivity index (χ3v) is 4.30. The first-order valence-electron chi connectivity index (χ1n) is 7.73. The summed E-state index contributed by atoms with van der Waals surface area (Å²) in [6.07, 6.45) is 3.30. The average Bonchev–Trinajstić information content (AvgIpc) is 3.23. The second kappa shape index (κ2) is 5.88. The van der Waals surface area contributed by atoms with Gasteiger partial charge in [0.1, 0.15) is 0 Å². The zero-order valence-electron chi connectivity index (χ0n) is 12.5. The van der Waals surface area contributed by atoms with E-state index in [0.29, 0.717) is 25.4 Å². The summed E-state index contributed by atoms with van der Waals surface area (Å²) >= 11 is 0. The van der Waals surface area contributed by atoms with Crippen LogP contribution in [0.15, 0.2) is 24.3 Å². The Balaban J connectivity index is 1.43. The van der Waals surface area contributed by atoms with Crippen LogP contribution in [0.2, 0.25) is 0 Å². The third-order valence-electron chi connectivity index (χ3n) is 4.30. The van der Waals surface area contributed by atoms with Crippen molar-refractivity contribution in [1.29, 1.82) is 0 Å². The second-order valence-electron chi connectivity index (χ2n) is 6.31. The van der Waals surface area contributed by atoms with Crippen molar-refractivity contribution in [1.82, 2.24) is 10.2 Å². The number of hydrogen-bond donors (Lipinski definition) is 1. The molecule has 21 heavy (non-hydrogen) atoms. The Morgan fingerprint density at radius 1 is 1.29 bits per heavy atom. The van der Waals surface area contributed by atoms with Crippen molar-refractivity contribution in [3.63, 3.8) is 0 Å². The van der Waals surface area contributed by atoms with Crippen LogP contribution in [0, 0.1) is 12.8 Å². The number of amides is 2. The average molecular weight is 286 g/mol. The molecule has 0 radical (unpaired) electrons. The minimum Gasteiger partial charge on any atom is -0.355 e. The summed E-state index contributed by atoms with van der Waals surface area (Å²) in [7, 11) is 0. The highest BCUT2D eigenvalue weighted by molar-refractivity contribution is 5.80. The lowest BCUT2D eigenvalue weighted by atomic mass is 10.1. The molecule has 4 nitrogen and oxygen atoms in total. The summed E-state index contributed by atoms with van der Waals surface area (Å²) in [6.45, 7) is 3.46. The summed E-state index contributed by atoms with van der Waals surface area (Å²) in [5, 5.41) is 2.97. The van der Waals surface area contributed by atoms with Gasteiger partial charge in [0.2, 0.25) is 11.8 Å². The molecule has 1 heterocycles. The topological polar surface area (TPSA) is 49.4 Å². The Morgan fingerprint density at radius 3 is 2.67 bits per heavy atom. The van der Waals surface area contributed by atoms with E-state index in [9.17, 15) is 9.59 Å². The van der Waals surface area contributed by atoms with E-state index in [0.717, 1.165) is 24.9 Å². The van der Waals surface area contributed by atoms with E-state index >= 15 is 0 Å². The number of aryl methyl sites for hydroxylation is 1. The summed E-state index contributed by atoms with van der Waals surface area (Å²) in [4.78, 5) is 25.8. The molecule has 3 rings (SSSR count). The van der Waals surface area contributed by atoms with Crippen LogP contribution in [0.25, 0.3) is 0 Å². The van der Waals surface area contributed by atoms with Gasteiger partial charge in [0.25, 0.3) is 0 Å². The fraction of sp³-hybridized carbons (Fsp3) is 0.529. The van der Waals surface area contributed by atoms with Gasteiger partial charge in [-0.2, -0.15) is 0 Å². The van der Waals surface area contributed by atoms with Crippen molar-refractivity contribution in [2.24, 2.45) is 5.92 Å². The highest BCUT2D eigenvalue weighted by Gasteiger charge is 2.39. The van der Waals surface area contributed by atoms with Gasteiger partial charge in [-0.05, 0) is 25.3 Å². The lowest BCUT2D eigenvalue weighted by Gasteiger charge is -2.15. The van der Waals surface area contributed by atoms with Crippen molar-refractivity contribution in [2.45, 2.75) is 38.6 Å². The number of likely N-dealkylation sites (tertiary alicyclic amines) is 1. The number of nitrogens with one attached hydrogen (secondary N) is 1. The van der Waals surface area contributed by atoms with Crippen LogP contribution in [0.4, 0.5) is 0 Å². The number of rotatable bonds is 5. The van der Waals surface area contributed by atoms with E-state index in [1.54, 1.807) is 0 Å². The Hall–Kier alpha value is -1.84. The molecule has 1 unspecified atom stereocenters. The maximum Gasteiger partial charge on any atom is 0.224 e. The van der Waals surface area contributed by atoms with Gasteiger partial charge in [-0.1, -0.05) is 29.8 Å². The number of carbonyl (C=O) groups is 2. The molecular formula is C17H22N2O2. The van der Waals surface area contributed by atoms with E-state index in [1.165, 1.54) is 5.56 Å². The minimum atomic E-state index is 0.0381. The normalized spacial score (nSPS) is 21.7. The quantitative estimate of drug-likeness (QED) is 0.895. The molecule has 0 spiro atoms. The van der Waals surface area contributed by atoms with Gasteiger partial charge in [-0.3, -0.25) is 9.59 Å². The first kappa shape index (κ1) is 14.1. The predicted octanol–water partition coefficient (Wildman–Crippen LogP) is 1.66. The van der Waals surface area contributed by atoms with Crippen molar-refractivity contribution < 1.29 is 9.59 Å². The highest BCUT2D eigenvalue weighted by atomic mass is 16.2. The first-order chi connectivity index (χ1) is 10.1. The third kappa shape index (κ3) is 3.63. The molecule has 1 aromatic carbocycles. The maximum absolute atomic E-state index is 12.0. The second-order valence-corrected chi connectivity index (χ2v) is 6.31. The van der Waals surface area contributed by atoms with Gasteiger partial charge in [0.05, 0.1) is 6.42 Å². The Morgan fingerprint density at radius 2 is 2.00 bits per heavy atom. The smallest absolute Gasteiger partial charge is 0.224 e. The largest absolute Gasteiger partial charge is 0.355 e.